The first-order valence-electron chi connectivity index (χ1n) is 9.84. The maximum absolute atomic E-state index is 12.2. The number of nitrogens with one attached hydrogen (secondary N) is 1. The highest BCUT2D eigenvalue weighted by Crippen LogP contribution is 2.14. The van der Waals surface area contributed by atoms with Crippen LogP contribution in [0.3, 0.4) is 0 Å². The summed E-state index contributed by atoms with van der Waals surface area (Å²) in [5, 5.41) is 2.90. The highest BCUT2D eigenvalue weighted by Gasteiger charge is 2.21. The average Bonchev–Trinajstić information content (AvgIpc) is 2.65. The molecule has 1 amide bonds. The van der Waals surface area contributed by atoms with Gasteiger partial charge in [-0.25, -0.2) is 0 Å². The number of hydrogen-bond donors (Lipinski definition) is 1. The van der Waals surface area contributed by atoms with Crippen molar-refractivity contribution in [3.8, 4) is 5.75 Å². The first-order chi connectivity index (χ1) is 13.0. The predicted octanol–water partition coefficient (Wildman–Crippen LogP) is 2.52. The maximum Gasteiger partial charge on any atom is 0.220 e. The topological polar surface area (TPSA) is 67.9 Å². The summed E-state index contributed by atoms with van der Waals surface area (Å²) >= 11 is 0. The van der Waals surface area contributed by atoms with Gasteiger partial charge in [-0.05, 0) is 37.1 Å². The minimum Gasteiger partial charge on any atom is -0.494 e. The van der Waals surface area contributed by atoms with Gasteiger partial charge in [0.15, 0.2) is 5.78 Å². The molecule has 0 aliphatic carbocycles. The van der Waals surface area contributed by atoms with Gasteiger partial charge in [-0.15, -0.1) is 0 Å². The normalized spacial score (nSPS) is 17.7. The van der Waals surface area contributed by atoms with Crippen molar-refractivity contribution in [1.29, 1.82) is 0 Å². The van der Waals surface area contributed by atoms with Gasteiger partial charge in [0, 0.05) is 44.6 Å². The van der Waals surface area contributed by atoms with E-state index in [2.05, 4.69) is 24.1 Å². The van der Waals surface area contributed by atoms with Crippen molar-refractivity contribution in [2.24, 2.45) is 5.92 Å². The minimum absolute atomic E-state index is 0.0169. The van der Waals surface area contributed by atoms with Gasteiger partial charge in [-0.1, -0.05) is 13.8 Å². The van der Waals surface area contributed by atoms with Gasteiger partial charge in [0.05, 0.1) is 19.3 Å². The largest absolute Gasteiger partial charge is 0.494 e. The van der Waals surface area contributed by atoms with Crippen LogP contribution in [0.2, 0.25) is 0 Å². The van der Waals surface area contributed by atoms with Crippen LogP contribution in [0.15, 0.2) is 24.3 Å². The van der Waals surface area contributed by atoms with Gasteiger partial charge in [-0.2, -0.15) is 0 Å². The molecule has 1 aromatic rings. The van der Waals surface area contributed by atoms with E-state index in [0.29, 0.717) is 31.2 Å². The van der Waals surface area contributed by atoms with E-state index in [1.165, 1.54) is 0 Å². The van der Waals surface area contributed by atoms with Gasteiger partial charge in [-0.3, -0.25) is 14.5 Å². The van der Waals surface area contributed by atoms with Crippen LogP contribution < -0.4 is 10.1 Å². The number of rotatable bonds is 10. The molecule has 1 fully saturated rings. The molecule has 1 aliphatic rings. The molecule has 0 bridgehead atoms. The fourth-order valence-corrected chi connectivity index (χ4v) is 3.18. The lowest BCUT2D eigenvalue weighted by Gasteiger charge is -2.33. The summed E-state index contributed by atoms with van der Waals surface area (Å²) in [5.41, 5.74) is 0.603. The zero-order valence-electron chi connectivity index (χ0n) is 16.7. The van der Waals surface area contributed by atoms with Gasteiger partial charge in [0.2, 0.25) is 5.91 Å². The monoisotopic (exact) mass is 376 g/mol. The molecule has 1 N–H and O–H groups in total. The number of Topliss-reactive ketones (excluding diaryl/α,β-unsaturated/α-hetero) is 1. The van der Waals surface area contributed by atoms with Crippen LogP contribution in [0.4, 0.5) is 0 Å². The molecule has 1 aliphatic heterocycles. The molecular formula is C21H32N2O4. The molecule has 2 rings (SSSR count). The third-order valence-electron chi connectivity index (χ3n) is 4.44. The van der Waals surface area contributed by atoms with Crippen LogP contribution in [-0.2, 0) is 9.53 Å². The van der Waals surface area contributed by atoms with Crippen molar-refractivity contribution in [2.45, 2.75) is 39.7 Å². The molecule has 0 spiro atoms. The van der Waals surface area contributed by atoms with E-state index in [1.54, 1.807) is 24.3 Å². The van der Waals surface area contributed by atoms with E-state index in [9.17, 15) is 9.59 Å². The molecule has 1 unspecified atom stereocenters. The maximum atomic E-state index is 12.2. The molecule has 6 heteroatoms. The number of carbonyl (C=O) groups is 2. The third-order valence-corrected chi connectivity index (χ3v) is 4.44. The lowest BCUT2D eigenvalue weighted by Crippen LogP contribution is -2.48. The molecule has 1 aromatic carbocycles. The van der Waals surface area contributed by atoms with Crippen molar-refractivity contribution in [2.75, 3.05) is 39.4 Å². The van der Waals surface area contributed by atoms with Gasteiger partial charge >= 0.3 is 0 Å². The van der Waals surface area contributed by atoms with E-state index in [4.69, 9.17) is 9.47 Å². The fraction of sp³-hybridized carbons (Fsp3) is 0.619. The van der Waals surface area contributed by atoms with Gasteiger partial charge in [0.25, 0.3) is 0 Å². The number of ether oxygens (including phenoxy) is 2. The van der Waals surface area contributed by atoms with Crippen LogP contribution in [-0.4, -0.2) is 62.1 Å². The summed E-state index contributed by atoms with van der Waals surface area (Å²) in [4.78, 5) is 26.7. The number of ketones is 1. The summed E-state index contributed by atoms with van der Waals surface area (Å²) < 4.78 is 11.1. The second kappa shape index (κ2) is 11.0. The third kappa shape index (κ3) is 7.69. The van der Waals surface area contributed by atoms with Crippen LogP contribution >= 0.6 is 0 Å². The second-order valence-corrected chi connectivity index (χ2v) is 7.33. The standard InChI is InChI=1S/C21H32N2O4/c1-4-26-18-7-5-17(6-8-18)20(24)9-10-21(25)22-13-19-15-23(11-12-27-19)14-16(2)3/h5-8,16,19H,4,9-15H2,1-3H3,(H,22,25). The zero-order chi connectivity index (χ0) is 19.6. The highest BCUT2D eigenvalue weighted by atomic mass is 16.5. The smallest absolute Gasteiger partial charge is 0.220 e. The number of benzene rings is 1. The van der Waals surface area contributed by atoms with E-state index in [0.717, 1.165) is 25.4 Å². The molecule has 1 saturated heterocycles. The summed E-state index contributed by atoms with van der Waals surface area (Å²) in [6.07, 6.45) is 0.405. The van der Waals surface area contributed by atoms with E-state index in [-0.39, 0.29) is 30.6 Å². The Bertz CT molecular complexity index is 601. The lowest BCUT2D eigenvalue weighted by molar-refractivity contribution is -0.122. The molecule has 27 heavy (non-hydrogen) atoms. The van der Waals surface area contributed by atoms with E-state index < -0.39 is 0 Å². The van der Waals surface area contributed by atoms with Crippen molar-refractivity contribution in [1.82, 2.24) is 10.2 Å². The lowest BCUT2D eigenvalue weighted by atomic mass is 10.1. The Morgan fingerprint density at radius 1 is 1.26 bits per heavy atom. The predicted molar refractivity (Wildman–Crippen MR) is 105 cm³/mol. The Morgan fingerprint density at radius 2 is 2.00 bits per heavy atom. The minimum atomic E-state index is -0.112. The molecule has 0 saturated carbocycles. The van der Waals surface area contributed by atoms with Gasteiger partial charge < -0.3 is 14.8 Å². The zero-order valence-corrected chi connectivity index (χ0v) is 16.7. The number of morpholine rings is 1. The summed E-state index contributed by atoms with van der Waals surface area (Å²) in [6.45, 7) is 10.9. The molecule has 0 aromatic heterocycles. The number of amides is 1. The molecular weight excluding hydrogens is 344 g/mol. The Balaban J connectivity index is 1.68. The fourth-order valence-electron chi connectivity index (χ4n) is 3.18. The Kier molecular flexibility index (Phi) is 8.75. The van der Waals surface area contributed by atoms with Crippen LogP contribution in [0.5, 0.6) is 5.75 Å². The quantitative estimate of drug-likeness (QED) is 0.636. The number of hydrogen-bond acceptors (Lipinski definition) is 5. The van der Waals surface area contributed by atoms with Gasteiger partial charge in [0.1, 0.15) is 5.75 Å². The molecule has 1 atom stereocenters. The molecule has 1 heterocycles. The Labute approximate surface area is 162 Å². The van der Waals surface area contributed by atoms with E-state index in [1.807, 2.05) is 6.92 Å². The van der Waals surface area contributed by atoms with Crippen LogP contribution in [0.25, 0.3) is 0 Å². The molecule has 150 valence electrons. The summed E-state index contributed by atoms with van der Waals surface area (Å²) in [6, 6.07) is 7.04. The van der Waals surface area contributed by atoms with Crippen molar-refractivity contribution in [3.63, 3.8) is 0 Å². The van der Waals surface area contributed by atoms with Crippen molar-refractivity contribution in [3.05, 3.63) is 29.8 Å². The van der Waals surface area contributed by atoms with Crippen molar-refractivity contribution < 1.29 is 19.1 Å². The Hall–Kier alpha value is -1.92. The summed E-state index contributed by atoms with van der Waals surface area (Å²) in [7, 11) is 0. The first-order valence-corrected chi connectivity index (χ1v) is 9.84. The van der Waals surface area contributed by atoms with E-state index >= 15 is 0 Å². The first kappa shape index (κ1) is 21.4. The molecule has 6 nitrogen and oxygen atoms in total. The molecule has 0 radical (unpaired) electrons. The SMILES string of the molecule is CCOc1ccc(C(=O)CCC(=O)NCC2CN(CC(C)C)CCO2)cc1. The Morgan fingerprint density at radius 3 is 2.67 bits per heavy atom. The number of nitrogens with zero attached hydrogens (tertiary/aromatic N) is 1. The average molecular weight is 376 g/mol. The van der Waals surface area contributed by atoms with Crippen LogP contribution in [0.1, 0.15) is 44.0 Å². The summed E-state index contributed by atoms with van der Waals surface area (Å²) in [5.74, 6) is 1.21. The number of carbonyl (C=O) groups excluding carboxylic acids is 2. The van der Waals surface area contributed by atoms with Crippen LogP contribution in [0, 0.1) is 5.92 Å². The second-order valence-electron chi connectivity index (χ2n) is 7.33. The highest BCUT2D eigenvalue weighted by molar-refractivity contribution is 5.98. The van der Waals surface area contributed by atoms with Crippen molar-refractivity contribution >= 4 is 11.7 Å².